The van der Waals surface area contributed by atoms with Crippen molar-refractivity contribution in [1.29, 1.82) is 0 Å². The van der Waals surface area contributed by atoms with Crippen molar-refractivity contribution < 1.29 is 9.53 Å². The van der Waals surface area contributed by atoms with E-state index in [-0.39, 0.29) is 11.8 Å². The number of amides is 1. The lowest BCUT2D eigenvalue weighted by molar-refractivity contribution is -0.117. The summed E-state index contributed by atoms with van der Waals surface area (Å²) in [6.07, 6.45) is 3.73. The second-order valence-electron chi connectivity index (χ2n) is 5.58. The summed E-state index contributed by atoms with van der Waals surface area (Å²) in [6, 6.07) is 3.80. The SMILES string of the molecule is O=C(Nc1ccc(NCCN2CCOCC2)nc1)C1CC1. The van der Waals surface area contributed by atoms with Crippen LogP contribution in [0.3, 0.4) is 0 Å². The summed E-state index contributed by atoms with van der Waals surface area (Å²) in [6.45, 7) is 5.51. The number of nitrogens with one attached hydrogen (secondary N) is 2. The summed E-state index contributed by atoms with van der Waals surface area (Å²) in [5.74, 6) is 1.17. The highest BCUT2D eigenvalue weighted by Gasteiger charge is 2.29. The zero-order valence-corrected chi connectivity index (χ0v) is 12.2. The predicted molar refractivity (Wildman–Crippen MR) is 81.3 cm³/mol. The second-order valence-corrected chi connectivity index (χ2v) is 5.58. The molecule has 6 heteroatoms. The minimum absolute atomic E-state index is 0.116. The number of carbonyl (C=O) groups excluding carboxylic acids is 1. The molecule has 1 amide bonds. The molecule has 2 N–H and O–H groups in total. The number of hydrogen-bond acceptors (Lipinski definition) is 5. The molecule has 0 atom stereocenters. The van der Waals surface area contributed by atoms with Gasteiger partial charge < -0.3 is 15.4 Å². The topological polar surface area (TPSA) is 66.5 Å². The number of anilines is 2. The van der Waals surface area contributed by atoms with E-state index in [1.807, 2.05) is 12.1 Å². The maximum Gasteiger partial charge on any atom is 0.227 e. The zero-order chi connectivity index (χ0) is 14.5. The molecule has 2 fully saturated rings. The maximum absolute atomic E-state index is 11.6. The first kappa shape index (κ1) is 14.3. The van der Waals surface area contributed by atoms with Gasteiger partial charge in [-0.25, -0.2) is 4.98 Å². The Morgan fingerprint density at radius 3 is 2.81 bits per heavy atom. The Morgan fingerprint density at radius 2 is 2.14 bits per heavy atom. The maximum atomic E-state index is 11.6. The number of aromatic nitrogens is 1. The molecule has 3 rings (SSSR count). The number of rotatable bonds is 6. The molecule has 2 heterocycles. The molecule has 0 unspecified atom stereocenters. The Kier molecular flexibility index (Phi) is 4.67. The molecule has 6 nitrogen and oxygen atoms in total. The monoisotopic (exact) mass is 290 g/mol. The summed E-state index contributed by atoms with van der Waals surface area (Å²) in [4.78, 5) is 18.3. The van der Waals surface area contributed by atoms with E-state index in [0.29, 0.717) is 0 Å². The Morgan fingerprint density at radius 1 is 1.33 bits per heavy atom. The number of morpholine rings is 1. The summed E-state index contributed by atoms with van der Waals surface area (Å²) in [5.41, 5.74) is 0.769. The molecule has 0 aromatic carbocycles. The van der Waals surface area contributed by atoms with E-state index in [1.54, 1.807) is 6.20 Å². The van der Waals surface area contributed by atoms with Gasteiger partial charge >= 0.3 is 0 Å². The van der Waals surface area contributed by atoms with Crippen LogP contribution in [0.4, 0.5) is 11.5 Å². The van der Waals surface area contributed by atoms with Crippen LogP contribution in [0.5, 0.6) is 0 Å². The molecule has 21 heavy (non-hydrogen) atoms. The van der Waals surface area contributed by atoms with E-state index in [9.17, 15) is 4.79 Å². The Balaban J connectivity index is 1.40. The highest BCUT2D eigenvalue weighted by atomic mass is 16.5. The summed E-state index contributed by atoms with van der Waals surface area (Å²) < 4.78 is 5.32. The predicted octanol–water partition coefficient (Wildman–Crippen LogP) is 1.17. The fraction of sp³-hybridized carbons (Fsp3) is 0.600. The molecular weight excluding hydrogens is 268 g/mol. The number of ether oxygens (including phenoxy) is 1. The van der Waals surface area contributed by atoms with Gasteiger partial charge in [0, 0.05) is 32.1 Å². The van der Waals surface area contributed by atoms with E-state index < -0.39 is 0 Å². The zero-order valence-electron chi connectivity index (χ0n) is 12.2. The summed E-state index contributed by atoms with van der Waals surface area (Å²) in [7, 11) is 0. The Hall–Kier alpha value is -1.66. The van der Waals surface area contributed by atoms with E-state index in [2.05, 4.69) is 20.5 Å². The highest BCUT2D eigenvalue weighted by molar-refractivity contribution is 5.93. The van der Waals surface area contributed by atoms with E-state index >= 15 is 0 Å². The van der Waals surface area contributed by atoms with E-state index in [1.165, 1.54) is 0 Å². The molecule has 0 bridgehead atoms. The first-order valence-corrected chi connectivity index (χ1v) is 7.62. The van der Waals surface area contributed by atoms with Gasteiger partial charge in [0.15, 0.2) is 0 Å². The summed E-state index contributed by atoms with van der Waals surface area (Å²) in [5, 5.41) is 6.19. The average Bonchev–Trinajstić information content (AvgIpc) is 3.35. The average molecular weight is 290 g/mol. The quantitative estimate of drug-likeness (QED) is 0.823. The first-order chi connectivity index (χ1) is 10.3. The smallest absolute Gasteiger partial charge is 0.227 e. The van der Waals surface area contributed by atoms with Gasteiger partial charge in [0.25, 0.3) is 0 Å². The first-order valence-electron chi connectivity index (χ1n) is 7.62. The van der Waals surface area contributed by atoms with Gasteiger partial charge in [0.1, 0.15) is 5.82 Å². The van der Waals surface area contributed by atoms with Crippen LogP contribution >= 0.6 is 0 Å². The van der Waals surface area contributed by atoms with Crippen molar-refractivity contribution in [2.75, 3.05) is 50.0 Å². The van der Waals surface area contributed by atoms with Crippen molar-refractivity contribution in [1.82, 2.24) is 9.88 Å². The van der Waals surface area contributed by atoms with Crippen LogP contribution in [-0.2, 0) is 9.53 Å². The van der Waals surface area contributed by atoms with Crippen molar-refractivity contribution in [3.63, 3.8) is 0 Å². The van der Waals surface area contributed by atoms with Crippen LogP contribution in [-0.4, -0.2) is 55.2 Å². The largest absolute Gasteiger partial charge is 0.379 e. The van der Waals surface area contributed by atoms with Crippen LogP contribution in [0.25, 0.3) is 0 Å². The van der Waals surface area contributed by atoms with Gasteiger partial charge in [0.2, 0.25) is 5.91 Å². The molecule has 1 aliphatic carbocycles. The van der Waals surface area contributed by atoms with Crippen molar-refractivity contribution >= 4 is 17.4 Å². The molecule has 1 aromatic heterocycles. The molecule has 0 spiro atoms. The third kappa shape index (κ3) is 4.41. The van der Waals surface area contributed by atoms with Crippen molar-refractivity contribution in [3.05, 3.63) is 18.3 Å². The van der Waals surface area contributed by atoms with Gasteiger partial charge in [0.05, 0.1) is 25.1 Å². The van der Waals surface area contributed by atoms with Crippen molar-refractivity contribution in [2.45, 2.75) is 12.8 Å². The van der Waals surface area contributed by atoms with E-state index in [0.717, 1.165) is 63.7 Å². The third-order valence-electron chi connectivity index (χ3n) is 3.82. The fourth-order valence-electron chi connectivity index (χ4n) is 2.33. The molecule has 1 aromatic rings. The minimum atomic E-state index is 0.116. The molecule has 0 radical (unpaired) electrons. The van der Waals surface area contributed by atoms with Crippen LogP contribution in [0, 0.1) is 5.92 Å². The fourth-order valence-corrected chi connectivity index (χ4v) is 2.33. The van der Waals surface area contributed by atoms with Gasteiger partial charge in [-0.05, 0) is 25.0 Å². The van der Waals surface area contributed by atoms with Gasteiger partial charge in [-0.3, -0.25) is 9.69 Å². The number of hydrogen-bond donors (Lipinski definition) is 2. The molecule has 2 aliphatic rings. The van der Waals surface area contributed by atoms with Gasteiger partial charge in [-0.15, -0.1) is 0 Å². The van der Waals surface area contributed by atoms with Gasteiger partial charge in [-0.1, -0.05) is 0 Å². The standard InChI is InChI=1S/C15H22N4O2/c20-15(12-1-2-12)18-13-3-4-14(17-11-13)16-5-6-19-7-9-21-10-8-19/h3-4,11-12H,1-2,5-10H2,(H,16,17)(H,18,20). The van der Waals surface area contributed by atoms with Crippen molar-refractivity contribution in [3.8, 4) is 0 Å². The number of carbonyl (C=O) groups is 1. The molecular formula is C15H22N4O2. The van der Waals surface area contributed by atoms with Gasteiger partial charge in [-0.2, -0.15) is 0 Å². The summed E-state index contributed by atoms with van der Waals surface area (Å²) >= 11 is 0. The minimum Gasteiger partial charge on any atom is -0.379 e. The van der Waals surface area contributed by atoms with Crippen molar-refractivity contribution in [2.24, 2.45) is 5.92 Å². The Labute approximate surface area is 124 Å². The lowest BCUT2D eigenvalue weighted by Gasteiger charge is -2.26. The highest BCUT2D eigenvalue weighted by Crippen LogP contribution is 2.30. The number of nitrogens with zero attached hydrogens (tertiary/aromatic N) is 2. The lowest BCUT2D eigenvalue weighted by Crippen LogP contribution is -2.39. The van der Waals surface area contributed by atoms with Crippen LogP contribution in [0.15, 0.2) is 18.3 Å². The normalized spacial score (nSPS) is 19.2. The van der Waals surface area contributed by atoms with Crippen LogP contribution in [0.2, 0.25) is 0 Å². The molecule has 1 saturated heterocycles. The second kappa shape index (κ2) is 6.87. The molecule has 1 saturated carbocycles. The number of pyridine rings is 1. The Bertz CT molecular complexity index is 467. The lowest BCUT2D eigenvalue weighted by atomic mass is 10.3. The van der Waals surface area contributed by atoms with Crippen LogP contribution < -0.4 is 10.6 Å². The van der Waals surface area contributed by atoms with Crippen LogP contribution in [0.1, 0.15) is 12.8 Å². The van der Waals surface area contributed by atoms with E-state index in [4.69, 9.17) is 4.74 Å². The third-order valence-corrected chi connectivity index (χ3v) is 3.82. The molecule has 1 aliphatic heterocycles. The molecule has 114 valence electrons.